The number of likely N-dealkylation sites (tertiary alicyclic amines) is 1. The Kier molecular flexibility index (Phi) is 4.42. The molecule has 20 heavy (non-hydrogen) atoms. The zero-order valence-corrected chi connectivity index (χ0v) is 12.3. The van der Waals surface area contributed by atoms with Crippen molar-refractivity contribution in [2.75, 3.05) is 12.4 Å². The first-order valence-electron chi connectivity index (χ1n) is 7.13. The Bertz CT molecular complexity index is 509. The summed E-state index contributed by atoms with van der Waals surface area (Å²) >= 11 is 0. The van der Waals surface area contributed by atoms with Crippen molar-refractivity contribution in [1.82, 2.24) is 14.7 Å². The number of aryl methyl sites for hydroxylation is 1. The molecule has 0 saturated carbocycles. The molecule has 1 aliphatic heterocycles. The molecular weight excluding hydrogens is 256 g/mol. The average Bonchev–Trinajstić information content (AvgIpc) is 2.93. The number of anilines is 1. The predicted octanol–water partition coefficient (Wildman–Crippen LogP) is 1.55. The number of hydrogen-bond acceptors (Lipinski definition) is 3. The molecule has 110 valence electrons. The van der Waals surface area contributed by atoms with Crippen LogP contribution in [-0.2, 0) is 16.1 Å². The number of carbonyl (C=O) groups excluding carboxylic acids is 2. The van der Waals surface area contributed by atoms with Crippen LogP contribution in [0, 0.1) is 6.92 Å². The van der Waals surface area contributed by atoms with E-state index in [4.69, 9.17) is 0 Å². The fourth-order valence-corrected chi connectivity index (χ4v) is 2.43. The predicted molar refractivity (Wildman–Crippen MR) is 76.3 cm³/mol. The van der Waals surface area contributed by atoms with Gasteiger partial charge in [-0.15, -0.1) is 0 Å². The lowest BCUT2D eigenvalue weighted by Gasteiger charge is -2.18. The molecule has 1 aromatic rings. The van der Waals surface area contributed by atoms with Crippen LogP contribution in [0.5, 0.6) is 0 Å². The molecule has 2 amide bonds. The summed E-state index contributed by atoms with van der Waals surface area (Å²) < 4.78 is 1.91. The van der Waals surface area contributed by atoms with Crippen molar-refractivity contribution in [3.63, 3.8) is 0 Å². The van der Waals surface area contributed by atoms with Gasteiger partial charge in [-0.1, -0.05) is 13.3 Å². The van der Waals surface area contributed by atoms with Gasteiger partial charge in [0.25, 0.3) is 0 Å². The van der Waals surface area contributed by atoms with Crippen LogP contribution in [0.4, 0.5) is 5.69 Å². The second-order valence-corrected chi connectivity index (χ2v) is 5.27. The number of carbonyl (C=O) groups is 2. The lowest BCUT2D eigenvalue weighted by Crippen LogP contribution is -2.38. The molecule has 1 saturated heterocycles. The molecule has 1 aliphatic rings. The normalized spacial score (nSPS) is 18.6. The first kappa shape index (κ1) is 14.6. The van der Waals surface area contributed by atoms with Crippen LogP contribution < -0.4 is 5.32 Å². The van der Waals surface area contributed by atoms with Gasteiger partial charge in [-0.05, 0) is 19.8 Å². The highest BCUT2D eigenvalue weighted by Crippen LogP contribution is 2.20. The van der Waals surface area contributed by atoms with E-state index in [1.54, 1.807) is 13.2 Å². The fourth-order valence-electron chi connectivity index (χ4n) is 2.43. The summed E-state index contributed by atoms with van der Waals surface area (Å²) in [5, 5.41) is 7.17. The molecule has 1 aromatic heterocycles. The van der Waals surface area contributed by atoms with Gasteiger partial charge < -0.3 is 10.2 Å². The Balaban J connectivity index is 2.01. The van der Waals surface area contributed by atoms with E-state index in [2.05, 4.69) is 17.3 Å². The van der Waals surface area contributed by atoms with Gasteiger partial charge in [0.05, 0.1) is 17.6 Å². The maximum Gasteiger partial charge on any atom is 0.247 e. The lowest BCUT2D eigenvalue weighted by atomic mass is 10.2. The molecule has 1 N–H and O–H groups in total. The van der Waals surface area contributed by atoms with Crippen molar-refractivity contribution in [2.45, 2.75) is 52.1 Å². The van der Waals surface area contributed by atoms with Gasteiger partial charge in [0, 0.05) is 20.0 Å². The Morgan fingerprint density at radius 2 is 2.30 bits per heavy atom. The van der Waals surface area contributed by atoms with Gasteiger partial charge in [-0.25, -0.2) is 0 Å². The third-order valence-electron chi connectivity index (χ3n) is 3.88. The summed E-state index contributed by atoms with van der Waals surface area (Å²) in [7, 11) is 1.68. The van der Waals surface area contributed by atoms with E-state index in [0.29, 0.717) is 12.8 Å². The molecule has 2 heterocycles. The van der Waals surface area contributed by atoms with Crippen molar-refractivity contribution in [2.24, 2.45) is 0 Å². The molecular formula is C14H22N4O2. The van der Waals surface area contributed by atoms with Crippen LogP contribution in [0.15, 0.2) is 6.20 Å². The van der Waals surface area contributed by atoms with E-state index in [1.807, 2.05) is 11.6 Å². The van der Waals surface area contributed by atoms with E-state index in [9.17, 15) is 9.59 Å². The van der Waals surface area contributed by atoms with Crippen LogP contribution in [-0.4, -0.2) is 39.6 Å². The summed E-state index contributed by atoms with van der Waals surface area (Å²) in [6.45, 7) is 4.94. The Morgan fingerprint density at radius 1 is 1.55 bits per heavy atom. The van der Waals surface area contributed by atoms with Crippen LogP contribution in [0.1, 0.15) is 38.3 Å². The highest BCUT2D eigenvalue weighted by molar-refractivity contribution is 5.99. The summed E-state index contributed by atoms with van der Waals surface area (Å²) in [5.74, 6) is -0.1000. The van der Waals surface area contributed by atoms with Gasteiger partial charge in [0.1, 0.15) is 6.04 Å². The fraction of sp³-hybridized carbons (Fsp3) is 0.643. The van der Waals surface area contributed by atoms with Crippen molar-refractivity contribution >= 4 is 17.5 Å². The minimum atomic E-state index is -0.360. The molecule has 0 aliphatic carbocycles. The first-order chi connectivity index (χ1) is 9.54. The smallest absolute Gasteiger partial charge is 0.247 e. The lowest BCUT2D eigenvalue weighted by molar-refractivity contribution is -0.131. The molecule has 6 heteroatoms. The van der Waals surface area contributed by atoms with E-state index >= 15 is 0 Å². The number of rotatable bonds is 5. The summed E-state index contributed by atoms with van der Waals surface area (Å²) in [5.41, 5.74) is 1.69. The van der Waals surface area contributed by atoms with Crippen LogP contribution >= 0.6 is 0 Å². The second-order valence-electron chi connectivity index (χ2n) is 5.27. The van der Waals surface area contributed by atoms with E-state index in [1.165, 1.54) is 4.90 Å². The zero-order chi connectivity index (χ0) is 14.7. The monoisotopic (exact) mass is 278 g/mol. The van der Waals surface area contributed by atoms with Gasteiger partial charge >= 0.3 is 0 Å². The number of likely N-dealkylation sites (N-methyl/N-ethyl adjacent to an activating group) is 1. The van der Waals surface area contributed by atoms with Crippen molar-refractivity contribution in [3.8, 4) is 0 Å². The van der Waals surface area contributed by atoms with Crippen LogP contribution in [0.25, 0.3) is 0 Å². The van der Waals surface area contributed by atoms with Crippen LogP contribution in [0.3, 0.4) is 0 Å². The number of aromatic nitrogens is 2. The zero-order valence-electron chi connectivity index (χ0n) is 12.3. The maximum atomic E-state index is 12.2. The third-order valence-corrected chi connectivity index (χ3v) is 3.88. The Labute approximate surface area is 119 Å². The number of nitrogens with one attached hydrogen (secondary N) is 1. The van der Waals surface area contributed by atoms with E-state index in [0.717, 1.165) is 30.8 Å². The Morgan fingerprint density at radius 3 is 2.90 bits per heavy atom. The average molecular weight is 278 g/mol. The van der Waals surface area contributed by atoms with Crippen molar-refractivity contribution in [3.05, 3.63) is 11.9 Å². The first-order valence-corrected chi connectivity index (χ1v) is 7.13. The number of nitrogens with zero attached hydrogens (tertiary/aromatic N) is 3. The van der Waals surface area contributed by atoms with E-state index < -0.39 is 0 Å². The second kappa shape index (κ2) is 6.07. The molecule has 0 bridgehead atoms. The molecule has 1 atom stereocenters. The molecule has 1 unspecified atom stereocenters. The number of amides is 2. The standard InChI is InChI=1S/C14H22N4O2/c1-4-5-8-18-10(2)11(9-15-18)16-14(20)12-6-7-13(19)17(12)3/h9,12H,4-8H2,1-3H3,(H,16,20). The molecule has 6 nitrogen and oxygen atoms in total. The maximum absolute atomic E-state index is 12.2. The van der Waals surface area contributed by atoms with Gasteiger partial charge in [0.2, 0.25) is 11.8 Å². The summed E-state index contributed by atoms with van der Waals surface area (Å²) in [4.78, 5) is 25.2. The summed E-state index contributed by atoms with van der Waals surface area (Å²) in [6.07, 6.45) is 4.89. The Hall–Kier alpha value is -1.85. The van der Waals surface area contributed by atoms with Gasteiger partial charge in [-0.3, -0.25) is 14.3 Å². The number of unbranched alkanes of at least 4 members (excludes halogenated alkanes) is 1. The van der Waals surface area contributed by atoms with Crippen LogP contribution in [0.2, 0.25) is 0 Å². The third kappa shape index (κ3) is 2.84. The topological polar surface area (TPSA) is 67.2 Å². The molecule has 0 aromatic carbocycles. The molecule has 0 radical (unpaired) electrons. The van der Waals surface area contributed by atoms with E-state index in [-0.39, 0.29) is 17.9 Å². The molecule has 0 spiro atoms. The van der Waals surface area contributed by atoms with Gasteiger partial charge in [-0.2, -0.15) is 5.10 Å². The minimum absolute atomic E-state index is 0.0283. The highest BCUT2D eigenvalue weighted by atomic mass is 16.2. The van der Waals surface area contributed by atoms with Crippen molar-refractivity contribution in [1.29, 1.82) is 0 Å². The summed E-state index contributed by atoms with van der Waals surface area (Å²) in [6, 6.07) is -0.360. The van der Waals surface area contributed by atoms with Crippen molar-refractivity contribution < 1.29 is 9.59 Å². The quantitative estimate of drug-likeness (QED) is 0.888. The van der Waals surface area contributed by atoms with Gasteiger partial charge in [0.15, 0.2) is 0 Å². The largest absolute Gasteiger partial charge is 0.334 e. The minimum Gasteiger partial charge on any atom is -0.334 e. The highest BCUT2D eigenvalue weighted by Gasteiger charge is 2.33. The molecule has 2 rings (SSSR count). The SMILES string of the molecule is CCCCn1ncc(NC(=O)C2CCC(=O)N2C)c1C. The number of hydrogen-bond donors (Lipinski definition) is 1. The molecule has 1 fully saturated rings.